The molecule has 0 saturated heterocycles. The number of hydrogen-bond donors (Lipinski definition) is 2. The van der Waals surface area contributed by atoms with E-state index in [-0.39, 0.29) is 0 Å². The van der Waals surface area contributed by atoms with Gasteiger partial charge < -0.3 is 9.84 Å². The molecule has 114 valence electrons. The Hall–Kier alpha value is -2.49. The van der Waals surface area contributed by atoms with Gasteiger partial charge in [-0.1, -0.05) is 0 Å². The monoisotopic (exact) mass is 299 g/mol. The summed E-state index contributed by atoms with van der Waals surface area (Å²) in [5.41, 5.74) is 3.24. The minimum absolute atomic E-state index is 0.491. The average molecular weight is 299 g/mol. The molecule has 2 aliphatic rings. The molecule has 0 spiro atoms. The molecule has 2 heterocycles. The number of nitrogens with one attached hydrogen (secondary N) is 1. The van der Waals surface area contributed by atoms with Crippen LogP contribution >= 0.6 is 0 Å². The van der Waals surface area contributed by atoms with Crippen molar-refractivity contribution >= 4 is 0 Å². The van der Waals surface area contributed by atoms with Gasteiger partial charge in [0.15, 0.2) is 0 Å². The van der Waals surface area contributed by atoms with Crippen LogP contribution in [0.3, 0.4) is 0 Å². The summed E-state index contributed by atoms with van der Waals surface area (Å²) in [7, 11) is 0. The summed E-state index contributed by atoms with van der Waals surface area (Å²) in [6.45, 7) is 3.60. The van der Waals surface area contributed by atoms with Crippen LogP contribution in [-0.4, -0.2) is 22.0 Å². The predicted octanol–water partition coefficient (Wildman–Crippen LogP) is 1.91. The molecule has 2 N–H and O–H groups in total. The molecule has 0 aliphatic carbocycles. The fraction of sp³-hybridized carbons (Fsp3) is 0.312. The van der Waals surface area contributed by atoms with Crippen LogP contribution in [0.1, 0.15) is 31.1 Å². The summed E-state index contributed by atoms with van der Waals surface area (Å²) >= 11 is 0. The molecule has 0 amide bonds. The van der Waals surface area contributed by atoms with Gasteiger partial charge in [-0.15, -0.1) is 0 Å². The minimum atomic E-state index is -0.893. The van der Waals surface area contributed by atoms with E-state index in [1.165, 1.54) is 5.17 Å². The second-order valence-electron chi connectivity index (χ2n) is 5.70. The first-order valence-corrected chi connectivity index (χ1v) is 6.98. The molecular weight excluding hydrogens is 282 g/mol. The molecule has 0 fully saturated rings. The van der Waals surface area contributed by atoms with Crippen LogP contribution in [0.2, 0.25) is 0 Å². The van der Waals surface area contributed by atoms with Crippen molar-refractivity contribution < 1.29 is 14.7 Å². The van der Waals surface area contributed by atoms with Gasteiger partial charge in [-0.2, -0.15) is 10.4 Å². The number of nitrogens with zero attached hydrogens (tertiary/aromatic N) is 2. The Bertz CT molecular complexity index is 676. The van der Waals surface area contributed by atoms with Gasteiger partial charge in [-0.3, -0.25) is 5.43 Å². The van der Waals surface area contributed by atoms with Crippen molar-refractivity contribution in [2.75, 3.05) is 0 Å². The maximum Gasteiger partial charge on any atom is 0.146 e. The lowest BCUT2D eigenvalue weighted by molar-refractivity contribution is -0.245. The van der Waals surface area contributed by atoms with E-state index in [9.17, 15) is 5.11 Å². The summed E-state index contributed by atoms with van der Waals surface area (Å²) in [6.07, 6.45) is 5.49. The van der Waals surface area contributed by atoms with Crippen LogP contribution in [-0.2, 0) is 4.84 Å². The fourth-order valence-corrected chi connectivity index (χ4v) is 2.46. The van der Waals surface area contributed by atoms with Crippen molar-refractivity contribution in [2.24, 2.45) is 0 Å². The van der Waals surface area contributed by atoms with E-state index >= 15 is 0 Å². The lowest BCUT2D eigenvalue weighted by Crippen LogP contribution is -2.51. The molecule has 2 aliphatic heterocycles. The highest BCUT2D eigenvalue weighted by atomic mass is 16.7. The quantitative estimate of drug-likeness (QED) is 0.868. The highest BCUT2D eigenvalue weighted by molar-refractivity contribution is 5.45. The lowest BCUT2D eigenvalue weighted by atomic mass is 9.88. The van der Waals surface area contributed by atoms with E-state index in [4.69, 9.17) is 14.8 Å². The van der Waals surface area contributed by atoms with Crippen LogP contribution in [0.25, 0.3) is 0 Å². The summed E-state index contributed by atoms with van der Waals surface area (Å²) in [5, 5.41) is 21.1. The minimum Gasteiger partial charge on any atom is -0.485 e. The number of ether oxygens (including phenoxy) is 1. The van der Waals surface area contributed by atoms with Crippen LogP contribution in [0.5, 0.6) is 5.75 Å². The number of allylic oxidation sites excluding steroid dienone is 2. The van der Waals surface area contributed by atoms with Gasteiger partial charge in [0.1, 0.15) is 23.6 Å². The van der Waals surface area contributed by atoms with Gasteiger partial charge in [-0.25, -0.2) is 4.84 Å². The molecule has 0 aromatic heterocycles. The third-order valence-electron chi connectivity index (χ3n) is 3.68. The van der Waals surface area contributed by atoms with Crippen molar-refractivity contribution in [3.8, 4) is 11.8 Å². The van der Waals surface area contributed by atoms with Crippen molar-refractivity contribution in [2.45, 2.75) is 31.7 Å². The molecule has 1 aromatic carbocycles. The zero-order chi connectivity index (χ0) is 15.7. The first-order valence-electron chi connectivity index (χ1n) is 6.98. The van der Waals surface area contributed by atoms with Gasteiger partial charge in [0.2, 0.25) is 0 Å². The van der Waals surface area contributed by atoms with E-state index < -0.39 is 17.8 Å². The second kappa shape index (κ2) is 5.37. The number of hydroxylamine groups is 1. The standard InChI is InChI=1S/C16H17N3O3/c1-16(2)15(20)14(22-19-8-4-3-7-18-19)12-9-11(10-17)5-6-13(12)21-16/h3-9,14-15,18,20H,1-2H3. The van der Waals surface area contributed by atoms with E-state index in [0.29, 0.717) is 16.9 Å². The predicted molar refractivity (Wildman–Crippen MR) is 79.0 cm³/mol. The first kappa shape index (κ1) is 14.4. The molecule has 1 aromatic rings. The Morgan fingerprint density at radius 1 is 1.41 bits per heavy atom. The van der Waals surface area contributed by atoms with E-state index in [1.807, 2.05) is 6.08 Å². The number of hydrazine groups is 1. The molecule has 2 atom stereocenters. The number of nitriles is 1. The van der Waals surface area contributed by atoms with E-state index in [0.717, 1.165) is 0 Å². The molecule has 6 heteroatoms. The summed E-state index contributed by atoms with van der Waals surface area (Å²) < 4.78 is 5.84. The topological polar surface area (TPSA) is 77.8 Å². The largest absolute Gasteiger partial charge is 0.485 e. The van der Waals surface area contributed by atoms with Gasteiger partial charge in [-0.05, 0) is 44.2 Å². The Labute approximate surface area is 128 Å². The maximum atomic E-state index is 10.6. The second-order valence-corrected chi connectivity index (χ2v) is 5.70. The molecular formula is C16H17N3O3. The van der Waals surface area contributed by atoms with Gasteiger partial charge in [0.05, 0.1) is 17.8 Å². The number of benzene rings is 1. The highest BCUT2D eigenvalue weighted by Gasteiger charge is 2.44. The molecule has 0 bridgehead atoms. The van der Waals surface area contributed by atoms with Crippen LogP contribution in [0.15, 0.2) is 42.8 Å². The van der Waals surface area contributed by atoms with Crippen molar-refractivity contribution in [3.05, 3.63) is 53.9 Å². The SMILES string of the molecule is CC1(C)Oc2ccc(C#N)cc2C(ON2C=CC=CN2)C1O. The van der Waals surface area contributed by atoms with Gasteiger partial charge >= 0.3 is 0 Å². The van der Waals surface area contributed by atoms with Crippen LogP contribution in [0, 0.1) is 11.3 Å². The Morgan fingerprint density at radius 3 is 2.91 bits per heavy atom. The fourth-order valence-electron chi connectivity index (χ4n) is 2.46. The third-order valence-corrected chi connectivity index (χ3v) is 3.68. The average Bonchev–Trinajstić information content (AvgIpc) is 2.52. The van der Waals surface area contributed by atoms with E-state index in [2.05, 4.69) is 11.5 Å². The molecule has 0 saturated carbocycles. The van der Waals surface area contributed by atoms with Crippen molar-refractivity contribution in [1.82, 2.24) is 10.6 Å². The third kappa shape index (κ3) is 2.52. The van der Waals surface area contributed by atoms with Crippen molar-refractivity contribution in [3.63, 3.8) is 0 Å². The zero-order valence-electron chi connectivity index (χ0n) is 12.4. The van der Waals surface area contributed by atoms with Crippen LogP contribution < -0.4 is 10.2 Å². The highest BCUT2D eigenvalue weighted by Crippen LogP contribution is 2.42. The molecule has 6 nitrogen and oxygen atoms in total. The van der Waals surface area contributed by atoms with Gasteiger partial charge in [0.25, 0.3) is 0 Å². The number of rotatable bonds is 2. The Morgan fingerprint density at radius 2 is 2.23 bits per heavy atom. The molecule has 3 rings (SSSR count). The summed E-state index contributed by atoms with van der Waals surface area (Å²) in [5.74, 6) is 0.607. The lowest BCUT2D eigenvalue weighted by Gasteiger charge is -2.42. The zero-order valence-corrected chi connectivity index (χ0v) is 12.4. The number of aliphatic hydroxyl groups is 1. The Balaban J connectivity index is 1.97. The molecule has 2 unspecified atom stereocenters. The van der Waals surface area contributed by atoms with Crippen LogP contribution in [0.4, 0.5) is 0 Å². The number of fused-ring (bicyclic) bond motifs is 1. The number of hydrogen-bond acceptors (Lipinski definition) is 6. The number of aliphatic hydroxyl groups excluding tert-OH is 1. The smallest absolute Gasteiger partial charge is 0.146 e. The summed E-state index contributed by atoms with van der Waals surface area (Å²) in [6, 6.07) is 7.19. The first-order chi connectivity index (χ1) is 10.5. The van der Waals surface area contributed by atoms with Gasteiger partial charge in [0, 0.05) is 11.8 Å². The normalized spacial score (nSPS) is 24.9. The van der Waals surface area contributed by atoms with E-state index in [1.54, 1.807) is 50.5 Å². The molecule has 22 heavy (non-hydrogen) atoms. The van der Waals surface area contributed by atoms with Crippen molar-refractivity contribution in [1.29, 1.82) is 5.26 Å². The Kier molecular flexibility index (Phi) is 3.53. The summed E-state index contributed by atoms with van der Waals surface area (Å²) in [4.78, 5) is 5.85. The molecule has 0 radical (unpaired) electrons. The maximum absolute atomic E-state index is 10.6.